The molecule has 3 aromatic heterocycles. The van der Waals surface area contributed by atoms with Crippen molar-refractivity contribution in [1.29, 1.82) is 0 Å². The lowest BCUT2D eigenvalue weighted by Gasteiger charge is -2.18. The van der Waals surface area contributed by atoms with E-state index in [0.29, 0.717) is 5.82 Å². The number of nitrogens with zero attached hydrogens (tertiary/aromatic N) is 4. The third kappa shape index (κ3) is 4.50. The highest BCUT2D eigenvalue weighted by Gasteiger charge is 2.26. The molecule has 0 saturated heterocycles. The maximum absolute atomic E-state index is 5.51. The van der Waals surface area contributed by atoms with E-state index in [2.05, 4.69) is 150 Å². The number of para-hydroxylation sites is 1. The minimum atomic E-state index is 0.693. The van der Waals surface area contributed by atoms with E-state index in [1.807, 2.05) is 24.3 Å². The van der Waals surface area contributed by atoms with E-state index in [1.54, 1.807) is 0 Å². The summed E-state index contributed by atoms with van der Waals surface area (Å²) in [5, 5.41) is 8.72. The molecule has 0 amide bonds. The molecule has 9 rings (SSSR count). The molecular weight excluding hydrogens is 573 g/mol. The van der Waals surface area contributed by atoms with Gasteiger partial charge in [-0.25, -0.2) is 14.5 Å². The summed E-state index contributed by atoms with van der Waals surface area (Å²) in [6, 6.07) is 58.9. The van der Waals surface area contributed by atoms with E-state index in [-0.39, 0.29) is 0 Å². The molecule has 0 aliphatic heterocycles. The lowest BCUT2D eigenvalue weighted by atomic mass is 9.92. The summed E-state index contributed by atoms with van der Waals surface area (Å²) in [5.41, 5.74) is 11.1. The smallest absolute Gasteiger partial charge is 0.160 e. The van der Waals surface area contributed by atoms with Crippen molar-refractivity contribution in [2.24, 2.45) is 0 Å². The molecule has 220 valence electrons. The minimum absolute atomic E-state index is 0.693. The van der Waals surface area contributed by atoms with E-state index in [4.69, 9.17) is 15.1 Å². The number of aromatic nitrogens is 4. The van der Waals surface area contributed by atoms with Crippen molar-refractivity contribution in [1.82, 2.24) is 19.6 Å². The zero-order chi connectivity index (χ0) is 31.2. The van der Waals surface area contributed by atoms with Crippen LogP contribution in [0.4, 0.5) is 0 Å². The van der Waals surface area contributed by atoms with E-state index in [0.717, 1.165) is 77.7 Å². The first-order valence-electron chi connectivity index (χ1n) is 15.8. The fourth-order valence-electron chi connectivity index (χ4n) is 6.73. The highest BCUT2D eigenvalue weighted by molar-refractivity contribution is 6.16. The van der Waals surface area contributed by atoms with Gasteiger partial charge in [0.25, 0.3) is 0 Å². The first-order valence-corrected chi connectivity index (χ1v) is 15.8. The third-order valence-corrected chi connectivity index (χ3v) is 8.81. The van der Waals surface area contributed by atoms with Gasteiger partial charge in [-0.15, -0.1) is 0 Å². The van der Waals surface area contributed by atoms with Gasteiger partial charge < -0.3 is 0 Å². The van der Waals surface area contributed by atoms with Gasteiger partial charge in [-0.2, -0.15) is 5.10 Å². The quantitative estimate of drug-likeness (QED) is 0.197. The Balaban J connectivity index is 1.51. The average molecular weight is 601 g/mol. The summed E-state index contributed by atoms with van der Waals surface area (Å²) in [6.45, 7) is 0. The van der Waals surface area contributed by atoms with Crippen LogP contribution in [0.5, 0.6) is 0 Å². The van der Waals surface area contributed by atoms with Crippen LogP contribution in [0.3, 0.4) is 0 Å². The van der Waals surface area contributed by atoms with Gasteiger partial charge in [-0.3, -0.25) is 0 Å². The third-order valence-electron chi connectivity index (χ3n) is 8.81. The summed E-state index contributed by atoms with van der Waals surface area (Å²) in [5.74, 6) is 0.693. The second-order valence-electron chi connectivity index (χ2n) is 11.6. The molecule has 47 heavy (non-hydrogen) atoms. The van der Waals surface area contributed by atoms with E-state index in [9.17, 15) is 0 Å². The first kappa shape index (κ1) is 27.0. The van der Waals surface area contributed by atoms with Crippen LogP contribution in [-0.4, -0.2) is 19.6 Å². The van der Waals surface area contributed by atoms with Gasteiger partial charge in [-0.1, -0.05) is 164 Å². The molecule has 9 aromatic rings. The van der Waals surface area contributed by atoms with Crippen molar-refractivity contribution >= 4 is 27.2 Å². The molecule has 0 spiro atoms. The fourth-order valence-corrected chi connectivity index (χ4v) is 6.73. The number of fused-ring (bicyclic) bond motifs is 4. The predicted octanol–water partition coefficient (Wildman–Crippen LogP) is 10.8. The molecule has 0 bridgehead atoms. The Morgan fingerprint density at radius 2 is 0.872 bits per heavy atom. The predicted molar refractivity (Wildman–Crippen MR) is 193 cm³/mol. The van der Waals surface area contributed by atoms with Crippen molar-refractivity contribution in [3.05, 3.63) is 170 Å². The van der Waals surface area contributed by atoms with Crippen LogP contribution in [0.1, 0.15) is 0 Å². The Kier molecular flexibility index (Phi) is 6.43. The first-order chi connectivity index (χ1) is 23.3. The lowest BCUT2D eigenvalue weighted by molar-refractivity contribution is 0.980. The standard InChI is InChI=1S/C43H28N4/c1-5-17-29(18-6-1)37-39(30-19-7-2-8-20-30)46-47-41(31-21-9-3-10-22-31)38(33-25-13-14-26-34(33)42(37)47)40-35-27-15-16-28-36(35)44-43(45-40)32-23-11-4-12-24-32/h1-28H. The Hall–Kier alpha value is -6.39. The molecule has 0 aliphatic carbocycles. The number of hydrogen-bond donors (Lipinski definition) is 0. The molecule has 0 fully saturated rings. The maximum Gasteiger partial charge on any atom is 0.160 e. The molecule has 4 nitrogen and oxygen atoms in total. The highest BCUT2D eigenvalue weighted by Crippen LogP contribution is 2.46. The summed E-state index contributed by atoms with van der Waals surface area (Å²) < 4.78 is 2.16. The Labute approximate surface area is 272 Å². The number of rotatable bonds is 5. The second kappa shape index (κ2) is 11.2. The van der Waals surface area contributed by atoms with Gasteiger partial charge in [0.2, 0.25) is 0 Å². The van der Waals surface area contributed by atoms with E-state index in [1.165, 1.54) is 0 Å². The number of hydrogen-bond acceptors (Lipinski definition) is 3. The van der Waals surface area contributed by atoms with Crippen LogP contribution in [0, 0.1) is 0 Å². The molecule has 0 aliphatic rings. The van der Waals surface area contributed by atoms with Crippen LogP contribution < -0.4 is 0 Å². The number of pyridine rings is 1. The van der Waals surface area contributed by atoms with Gasteiger partial charge >= 0.3 is 0 Å². The Bertz CT molecular complexity index is 2540. The second-order valence-corrected chi connectivity index (χ2v) is 11.6. The topological polar surface area (TPSA) is 43.1 Å². The van der Waals surface area contributed by atoms with Crippen LogP contribution in [0.2, 0.25) is 0 Å². The summed E-state index contributed by atoms with van der Waals surface area (Å²) in [7, 11) is 0. The van der Waals surface area contributed by atoms with Crippen LogP contribution in [0.25, 0.3) is 83.5 Å². The van der Waals surface area contributed by atoms with Crippen molar-refractivity contribution in [3.63, 3.8) is 0 Å². The molecule has 0 atom stereocenters. The fraction of sp³-hybridized carbons (Fsp3) is 0. The van der Waals surface area contributed by atoms with Gasteiger partial charge in [0.1, 0.15) is 5.69 Å². The summed E-state index contributed by atoms with van der Waals surface area (Å²) in [6.07, 6.45) is 0. The molecule has 0 N–H and O–H groups in total. The zero-order valence-corrected chi connectivity index (χ0v) is 25.5. The lowest BCUT2D eigenvalue weighted by Crippen LogP contribution is -2.03. The van der Waals surface area contributed by atoms with E-state index >= 15 is 0 Å². The summed E-state index contributed by atoms with van der Waals surface area (Å²) >= 11 is 0. The Morgan fingerprint density at radius 3 is 1.53 bits per heavy atom. The van der Waals surface area contributed by atoms with Crippen molar-refractivity contribution < 1.29 is 0 Å². The van der Waals surface area contributed by atoms with Crippen LogP contribution in [-0.2, 0) is 0 Å². The molecule has 6 aromatic carbocycles. The average Bonchev–Trinajstić information content (AvgIpc) is 3.56. The Morgan fingerprint density at radius 1 is 0.362 bits per heavy atom. The van der Waals surface area contributed by atoms with Crippen molar-refractivity contribution in [3.8, 4) is 56.3 Å². The molecule has 0 unspecified atom stereocenters. The van der Waals surface area contributed by atoms with Gasteiger partial charge in [0.05, 0.1) is 22.4 Å². The maximum atomic E-state index is 5.51. The minimum Gasteiger partial charge on any atom is -0.230 e. The molecular formula is C43H28N4. The normalized spacial score (nSPS) is 11.4. The van der Waals surface area contributed by atoms with Crippen molar-refractivity contribution in [2.45, 2.75) is 0 Å². The molecule has 3 heterocycles. The molecule has 4 heteroatoms. The van der Waals surface area contributed by atoms with Gasteiger partial charge in [-0.05, 0) is 17.0 Å². The zero-order valence-electron chi connectivity index (χ0n) is 25.5. The monoisotopic (exact) mass is 600 g/mol. The van der Waals surface area contributed by atoms with Gasteiger partial charge in [0.15, 0.2) is 5.82 Å². The van der Waals surface area contributed by atoms with E-state index < -0.39 is 0 Å². The van der Waals surface area contributed by atoms with Crippen LogP contribution in [0.15, 0.2) is 170 Å². The largest absolute Gasteiger partial charge is 0.230 e. The highest BCUT2D eigenvalue weighted by atomic mass is 15.2. The molecule has 0 radical (unpaired) electrons. The van der Waals surface area contributed by atoms with Crippen molar-refractivity contribution in [2.75, 3.05) is 0 Å². The van der Waals surface area contributed by atoms with Gasteiger partial charge in [0, 0.05) is 38.6 Å². The van der Waals surface area contributed by atoms with Crippen LogP contribution >= 0.6 is 0 Å². The summed E-state index contributed by atoms with van der Waals surface area (Å²) in [4.78, 5) is 10.4. The molecule has 0 saturated carbocycles. The SMILES string of the molecule is c1ccc(-c2nc(-c3c(-c4ccccc4)n4nc(-c5ccccc5)c(-c5ccccc5)c4c4ccccc34)c3ccccc3n2)cc1. The number of benzene rings is 6.